The van der Waals surface area contributed by atoms with Crippen molar-refractivity contribution in [2.24, 2.45) is 5.92 Å². The Hall–Kier alpha value is -2.87. The van der Waals surface area contributed by atoms with E-state index in [1.54, 1.807) is 24.3 Å². The van der Waals surface area contributed by atoms with Gasteiger partial charge in [0.2, 0.25) is 0 Å². The lowest BCUT2D eigenvalue weighted by atomic mass is 10.1. The molecule has 29 heavy (non-hydrogen) atoms. The standard InChI is InChI=1S/C21H26N2O5S/c1-14(2)16(4)22-20(24)13-28-21(25)17-7-11-19(12-8-17)29(26,27)23-18-9-5-15(3)6-10-18/h5-12,14,16,23H,13H2,1-4H3,(H,22,24). The van der Waals surface area contributed by atoms with E-state index < -0.39 is 22.6 Å². The summed E-state index contributed by atoms with van der Waals surface area (Å²) in [7, 11) is -3.78. The zero-order chi connectivity index (χ0) is 21.6. The first-order chi connectivity index (χ1) is 13.6. The van der Waals surface area contributed by atoms with Gasteiger partial charge in [-0.25, -0.2) is 13.2 Å². The van der Waals surface area contributed by atoms with Crippen LogP contribution >= 0.6 is 0 Å². The van der Waals surface area contributed by atoms with E-state index in [-0.39, 0.29) is 28.3 Å². The second kappa shape index (κ2) is 9.56. The minimum absolute atomic E-state index is 0.0122. The fraction of sp³-hybridized carbons (Fsp3) is 0.333. The first-order valence-corrected chi connectivity index (χ1v) is 10.7. The molecule has 0 bridgehead atoms. The van der Waals surface area contributed by atoms with Crippen molar-refractivity contribution in [3.8, 4) is 0 Å². The van der Waals surface area contributed by atoms with Crippen LogP contribution in [0.5, 0.6) is 0 Å². The van der Waals surface area contributed by atoms with Crippen molar-refractivity contribution < 1.29 is 22.7 Å². The molecule has 156 valence electrons. The summed E-state index contributed by atoms with van der Waals surface area (Å²) in [6.45, 7) is 7.32. The second-order valence-electron chi connectivity index (χ2n) is 7.17. The molecule has 2 N–H and O–H groups in total. The topological polar surface area (TPSA) is 102 Å². The number of hydrogen-bond acceptors (Lipinski definition) is 5. The van der Waals surface area contributed by atoms with Crippen molar-refractivity contribution in [2.45, 2.75) is 38.6 Å². The summed E-state index contributed by atoms with van der Waals surface area (Å²) in [6, 6.07) is 12.2. The zero-order valence-electron chi connectivity index (χ0n) is 16.9. The Morgan fingerprint density at radius 2 is 1.55 bits per heavy atom. The molecule has 2 aromatic rings. The molecule has 0 saturated heterocycles. The van der Waals surface area contributed by atoms with Gasteiger partial charge < -0.3 is 10.1 Å². The summed E-state index contributed by atoms with van der Waals surface area (Å²) in [5.41, 5.74) is 1.62. The number of anilines is 1. The Balaban J connectivity index is 1.97. The second-order valence-corrected chi connectivity index (χ2v) is 8.85. The van der Waals surface area contributed by atoms with Gasteiger partial charge in [-0.3, -0.25) is 9.52 Å². The van der Waals surface area contributed by atoms with Crippen LogP contribution in [0, 0.1) is 12.8 Å². The number of esters is 1. The highest BCUT2D eigenvalue weighted by Crippen LogP contribution is 2.17. The van der Waals surface area contributed by atoms with E-state index in [1.165, 1.54) is 24.3 Å². The maximum atomic E-state index is 12.5. The van der Waals surface area contributed by atoms with Crippen LogP contribution in [-0.4, -0.2) is 32.9 Å². The number of amides is 1. The van der Waals surface area contributed by atoms with E-state index in [1.807, 2.05) is 27.7 Å². The van der Waals surface area contributed by atoms with Crippen LogP contribution in [0.4, 0.5) is 5.69 Å². The minimum atomic E-state index is -3.78. The molecule has 2 rings (SSSR count). The van der Waals surface area contributed by atoms with Crippen molar-refractivity contribution in [1.29, 1.82) is 0 Å². The SMILES string of the molecule is Cc1ccc(NS(=O)(=O)c2ccc(C(=O)OCC(=O)NC(C)C(C)C)cc2)cc1. The molecule has 0 radical (unpaired) electrons. The number of nitrogens with one attached hydrogen (secondary N) is 2. The van der Waals surface area contributed by atoms with Crippen LogP contribution in [0.3, 0.4) is 0 Å². The van der Waals surface area contributed by atoms with E-state index >= 15 is 0 Å². The molecule has 0 aliphatic carbocycles. The smallest absolute Gasteiger partial charge is 0.338 e. The van der Waals surface area contributed by atoms with E-state index in [0.717, 1.165) is 5.56 Å². The van der Waals surface area contributed by atoms with E-state index in [0.29, 0.717) is 5.69 Å². The first-order valence-electron chi connectivity index (χ1n) is 9.24. The van der Waals surface area contributed by atoms with Gasteiger partial charge in [-0.05, 0) is 56.2 Å². The average Bonchev–Trinajstić information content (AvgIpc) is 2.67. The summed E-state index contributed by atoms with van der Waals surface area (Å²) in [4.78, 5) is 23.9. The highest BCUT2D eigenvalue weighted by molar-refractivity contribution is 7.92. The number of carbonyl (C=O) groups excluding carboxylic acids is 2. The summed E-state index contributed by atoms with van der Waals surface area (Å²) in [5.74, 6) is -0.827. The van der Waals surface area contributed by atoms with Crippen LogP contribution in [0.25, 0.3) is 0 Å². The molecular formula is C21H26N2O5S. The third-order valence-corrected chi connectivity index (χ3v) is 5.82. The molecule has 0 fully saturated rings. The fourth-order valence-corrected chi connectivity index (χ4v) is 3.34. The average molecular weight is 419 g/mol. The van der Waals surface area contributed by atoms with Crippen LogP contribution < -0.4 is 10.0 Å². The van der Waals surface area contributed by atoms with Gasteiger partial charge >= 0.3 is 5.97 Å². The number of benzene rings is 2. The zero-order valence-corrected chi connectivity index (χ0v) is 17.7. The minimum Gasteiger partial charge on any atom is -0.452 e. The van der Waals surface area contributed by atoms with Gasteiger partial charge in [0.05, 0.1) is 10.5 Å². The quantitative estimate of drug-likeness (QED) is 0.642. The molecule has 7 nitrogen and oxygen atoms in total. The van der Waals surface area contributed by atoms with Gasteiger partial charge in [-0.1, -0.05) is 31.5 Å². The lowest BCUT2D eigenvalue weighted by molar-refractivity contribution is -0.125. The van der Waals surface area contributed by atoms with Gasteiger partial charge in [-0.2, -0.15) is 0 Å². The fourth-order valence-electron chi connectivity index (χ4n) is 2.28. The third kappa shape index (κ3) is 6.60. The third-order valence-electron chi connectivity index (χ3n) is 4.43. The number of ether oxygens (including phenoxy) is 1. The molecule has 0 spiro atoms. The predicted octanol–water partition coefficient (Wildman–Crippen LogP) is 3.11. The van der Waals surface area contributed by atoms with Crippen molar-refractivity contribution in [3.05, 3.63) is 59.7 Å². The summed E-state index contributed by atoms with van der Waals surface area (Å²) < 4.78 is 32.4. The molecule has 0 heterocycles. The Morgan fingerprint density at radius 3 is 2.10 bits per heavy atom. The molecule has 1 atom stereocenters. The van der Waals surface area contributed by atoms with E-state index in [9.17, 15) is 18.0 Å². The maximum absolute atomic E-state index is 12.5. The van der Waals surface area contributed by atoms with Crippen molar-refractivity contribution >= 4 is 27.6 Å². The monoisotopic (exact) mass is 418 g/mol. The van der Waals surface area contributed by atoms with Gasteiger partial charge in [0, 0.05) is 11.7 Å². The number of sulfonamides is 1. The number of hydrogen-bond donors (Lipinski definition) is 2. The molecule has 2 aromatic carbocycles. The van der Waals surface area contributed by atoms with Crippen molar-refractivity contribution in [3.63, 3.8) is 0 Å². The largest absolute Gasteiger partial charge is 0.452 e. The Morgan fingerprint density at radius 1 is 0.966 bits per heavy atom. The molecule has 1 amide bonds. The van der Waals surface area contributed by atoms with Crippen LogP contribution in [0.1, 0.15) is 36.7 Å². The summed E-state index contributed by atoms with van der Waals surface area (Å²) in [5, 5.41) is 2.74. The molecule has 0 saturated carbocycles. The lowest BCUT2D eigenvalue weighted by Gasteiger charge is -2.17. The van der Waals surface area contributed by atoms with Gasteiger partial charge in [0.1, 0.15) is 0 Å². The van der Waals surface area contributed by atoms with Crippen LogP contribution in [-0.2, 0) is 19.6 Å². The molecule has 1 unspecified atom stereocenters. The van der Waals surface area contributed by atoms with Gasteiger partial charge in [-0.15, -0.1) is 0 Å². The number of rotatable bonds is 8. The van der Waals surface area contributed by atoms with Crippen molar-refractivity contribution in [1.82, 2.24) is 5.32 Å². The summed E-state index contributed by atoms with van der Waals surface area (Å²) >= 11 is 0. The first kappa shape index (κ1) is 22.4. The molecule has 0 aromatic heterocycles. The predicted molar refractivity (Wildman–Crippen MR) is 111 cm³/mol. The highest BCUT2D eigenvalue weighted by atomic mass is 32.2. The van der Waals surface area contributed by atoms with Gasteiger partial charge in [0.15, 0.2) is 6.61 Å². The highest BCUT2D eigenvalue weighted by Gasteiger charge is 2.17. The summed E-state index contributed by atoms with van der Waals surface area (Å²) in [6.07, 6.45) is 0. The normalized spacial score (nSPS) is 12.3. The van der Waals surface area contributed by atoms with Crippen molar-refractivity contribution in [2.75, 3.05) is 11.3 Å². The van der Waals surface area contributed by atoms with Crippen LogP contribution in [0.2, 0.25) is 0 Å². The molecular weight excluding hydrogens is 392 g/mol. The van der Waals surface area contributed by atoms with E-state index in [2.05, 4.69) is 10.0 Å². The number of carbonyl (C=O) groups is 2. The Labute approximate surface area is 171 Å². The molecule has 8 heteroatoms. The molecule has 0 aliphatic heterocycles. The number of aryl methyl sites for hydroxylation is 1. The Bertz CT molecular complexity index is 952. The van der Waals surface area contributed by atoms with Crippen LogP contribution in [0.15, 0.2) is 53.4 Å². The Kier molecular flexibility index (Phi) is 7.39. The molecule has 0 aliphatic rings. The lowest BCUT2D eigenvalue weighted by Crippen LogP contribution is -2.38. The van der Waals surface area contributed by atoms with E-state index in [4.69, 9.17) is 4.74 Å². The maximum Gasteiger partial charge on any atom is 0.338 e. The van der Waals surface area contributed by atoms with Gasteiger partial charge in [0.25, 0.3) is 15.9 Å².